The zero-order valence-electron chi connectivity index (χ0n) is 11.4. The van der Waals surface area contributed by atoms with E-state index in [9.17, 15) is 4.79 Å². The Kier molecular flexibility index (Phi) is 5.66. The Morgan fingerprint density at radius 3 is 2.75 bits per heavy atom. The minimum atomic E-state index is -0.145. The van der Waals surface area contributed by atoms with Gasteiger partial charge in [-0.15, -0.1) is 0 Å². The summed E-state index contributed by atoms with van der Waals surface area (Å²) in [5.74, 6) is -0.00887. The lowest BCUT2D eigenvalue weighted by molar-refractivity contribution is -0.123. The van der Waals surface area contributed by atoms with E-state index in [0.29, 0.717) is 29.8 Å². The van der Waals surface area contributed by atoms with Crippen molar-refractivity contribution in [3.05, 3.63) is 33.8 Å². The van der Waals surface area contributed by atoms with Crippen LogP contribution in [0.5, 0.6) is 0 Å². The zero-order chi connectivity index (χ0) is 14.5. The molecule has 0 aromatic heterocycles. The van der Waals surface area contributed by atoms with Crippen molar-refractivity contribution in [2.45, 2.75) is 13.0 Å². The molecule has 2 rings (SSSR count). The molecule has 0 aliphatic carbocycles. The standard InChI is InChI=1S/C14H18Cl2N2O2/c1-10(12-3-2-11(15)8-13(12)16)17-14(19)9-18-4-6-20-7-5-18/h2-3,8,10H,4-7,9H2,1H3,(H,17,19). The van der Waals surface area contributed by atoms with E-state index in [1.165, 1.54) is 0 Å². The van der Waals surface area contributed by atoms with Gasteiger partial charge in [0.1, 0.15) is 0 Å². The molecule has 20 heavy (non-hydrogen) atoms. The lowest BCUT2D eigenvalue weighted by atomic mass is 10.1. The summed E-state index contributed by atoms with van der Waals surface area (Å²) in [6.45, 7) is 5.26. The van der Waals surface area contributed by atoms with Gasteiger partial charge in [0.25, 0.3) is 0 Å². The number of hydrogen-bond donors (Lipinski definition) is 1. The van der Waals surface area contributed by atoms with Crippen molar-refractivity contribution < 1.29 is 9.53 Å². The van der Waals surface area contributed by atoms with Crippen LogP contribution in [-0.2, 0) is 9.53 Å². The van der Waals surface area contributed by atoms with Gasteiger partial charge in [0.15, 0.2) is 0 Å². The Hall–Kier alpha value is -0.810. The number of morpholine rings is 1. The first-order chi connectivity index (χ1) is 9.56. The third-order valence-corrected chi connectivity index (χ3v) is 3.84. The summed E-state index contributed by atoms with van der Waals surface area (Å²) in [7, 11) is 0. The molecular formula is C14H18Cl2N2O2. The van der Waals surface area contributed by atoms with Gasteiger partial charge >= 0.3 is 0 Å². The van der Waals surface area contributed by atoms with Crippen molar-refractivity contribution in [1.82, 2.24) is 10.2 Å². The van der Waals surface area contributed by atoms with Crippen molar-refractivity contribution in [2.24, 2.45) is 0 Å². The fraction of sp³-hybridized carbons (Fsp3) is 0.500. The predicted molar refractivity (Wildman–Crippen MR) is 80.3 cm³/mol. The van der Waals surface area contributed by atoms with Crippen LogP contribution in [0.25, 0.3) is 0 Å². The van der Waals surface area contributed by atoms with Gasteiger partial charge < -0.3 is 10.1 Å². The molecular weight excluding hydrogens is 299 g/mol. The summed E-state index contributed by atoms with van der Waals surface area (Å²) in [5.41, 5.74) is 0.867. The quantitative estimate of drug-likeness (QED) is 0.928. The van der Waals surface area contributed by atoms with Crippen LogP contribution in [0, 0.1) is 0 Å². The first-order valence-corrected chi connectivity index (χ1v) is 7.36. The van der Waals surface area contributed by atoms with Crippen LogP contribution in [0.15, 0.2) is 18.2 Å². The van der Waals surface area contributed by atoms with E-state index >= 15 is 0 Å². The number of carbonyl (C=O) groups is 1. The maximum Gasteiger partial charge on any atom is 0.234 e. The molecule has 1 aromatic carbocycles. The number of carbonyl (C=O) groups excluding carboxylic acids is 1. The Bertz CT molecular complexity index is 476. The van der Waals surface area contributed by atoms with E-state index in [-0.39, 0.29) is 11.9 Å². The molecule has 4 nitrogen and oxygen atoms in total. The SMILES string of the molecule is CC(NC(=O)CN1CCOCC1)c1ccc(Cl)cc1Cl. The lowest BCUT2D eigenvalue weighted by Gasteiger charge is -2.26. The van der Waals surface area contributed by atoms with Gasteiger partial charge in [-0.3, -0.25) is 9.69 Å². The molecule has 0 spiro atoms. The normalized spacial score (nSPS) is 17.8. The van der Waals surface area contributed by atoms with E-state index in [1.54, 1.807) is 12.1 Å². The first-order valence-electron chi connectivity index (χ1n) is 6.60. The predicted octanol–water partition coefficient (Wildman–Crippen LogP) is 2.50. The molecule has 1 N–H and O–H groups in total. The zero-order valence-corrected chi connectivity index (χ0v) is 12.9. The molecule has 110 valence electrons. The van der Waals surface area contributed by atoms with Crippen molar-refractivity contribution in [2.75, 3.05) is 32.8 Å². The van der Waals surface area contributed by atoms with Crippen LogP contribution >= 0.6 is 23.2 Å². The van der Waals surface area contributed by atoms with Crippen molar-refractivity contribution in [1.29, 1.82) is 0 Å². The molecule has 1 unspecified atom stereocenters. The minimum absolute atomic E-state index is 0.00887. The minimum Gasteiger partial charge on any atom is -0.379 e. The molecule has 1 aromatic rings. The topological polar surface area (TPSA) is 41.6 Å². The molecule has 1 fully saturated rings. The van der Waals surface area contributed by atoms with Crippen molar-refractivity contribution >= 4 is 29.1 Å². The van der Waals surface area contributed by atoms with E-state index in [4.69, 9.17) is 27.9 Å². The van der Waals surface area contributed by atoms with Gasteiger partial charge in [-0.1, -0.05) is 29.3 Å². The van der Waals surface area contributed by atoms with Crippen LogP contribution < -0.4 is 5.32 Å². The number of nitrogens with zero attached hydrogens (tertiary/aromatic N) is 1. The highest BCUT2D eigenvalue weighted by atomic mass is 35.5. The van der Waals surface area contributed by atoms with Crippen LogP contribution in [0.3, 0.4) is 0 Å². The summed E-state index contributed by atoms with van der Waals surface area (Å²) in [5, 5.41) is 4.11. The van der Waals surface area contributed by atoms with Crippen LogP contribution in [0.4, 0.5) is 0 Å². The molecule has 1 aliphatic rings. The average Bonchev–Trinajstić information content (AvgIpc) is 2.39. The third-order valence-electron chi connectivity index (χ3n) is 3.28. The van der Waals surface area contributed by atoms with Gasteiger partial charge in [0.2, 0.25) is 5.91 Å². The largest absolute Gasteiger partial charge is 0.379 e. The van der Waals surface area contributed by atoms with E-state index in [0.717, 1.165) is 18.7 Å². The Morgan fingerprint density at radius 2 is 2.10 bits per heavy atom. The fourth-order valence-corrected chi connectivity index (χ4v) is 2.75. The number of rotatable bonds is 4. The monoisotopic (exact) mass is 316 g/mol. The molecule has 6 heteroatoms. The molecule has 1 saturated heterocycles. The van der Waals surface area contributed by atoms with Crippen LogP contribution in [0.1, 0.15) is 18.5 Å². The Balaban J connectivity index is 1.89. The molecule has 0 radical (unpaired) electrons. The second-order valence-corrected chi connectivity index (χ2v) is 5.69. The maximum absolute atomic E-state index is 12.0. The smallest absolute Gasteiger partial charge is 0.234 e. The number of benzene rings is 1. The van der Waals surface area contributed by atoms with Crippen LogP contribution in [0.2, 0.25) is 10.0 Å². The highest BCUT2D eigenvalue weighted by molar-refractivity contribution is 6.35. The summed E-state index contributed by atoms with van der Waals surface area (Å²) in [4.78, 5) is 14.1. The summed E-state index contributed by atoms with van der Waals surface area (Å²) >= 11 is 12.0. The van der Waals surface area contributed by atoms with E-state index in [2.05, 4.69) is 10.2 Å². The lowest BCUT2D eigenvalue weighted by Crippen LogP contribution is -2.43. The van der Waals surface area contributed by atoms with Gasteiger partial charge in [0.05, 0.1) is 25.8 Å². The third kappa shape index (κ3) is 4.35. The van der Waals surface area contributed by atoms with Gasteiger partial charge in [-0.25, -0.2) is 0 Å². The van der Waals surface area contributed by atoms with Gasteiger partial charge in [-0.05, 0) is 24.6 Å². The average molecular weight is 317 g/mol. The molecule has 0 bridgehead atoms. The van der Waals surface area contributed by atoms with Crippen LogP contribution in [-0.4, -0.2) is 43.7 Å². The summed E-state index contributed by atoms with van der Waals surface area (Å²) in [6, 6.07) is 5.15. The Morgan fingerprint density at radius 1 is 1.40 bits per heavy atom. The maximum atomic E-state index is 12.0. The molecule has 1 heterocycles. The molecule has 1 atom stereocenters. The van der Waals surface area contributed by atoms with Gasteiger partial charge in [-0.2, -0.15) is 0 Å². The van der Waals surface area contributed by atoms with Crippen molar-refractivity contribution in [3.63, 3.8) is 0 Å². The first kappa shape index (κ1) is 15.6. The number of amides is 1. The molecule has 0 saturated carbocycles. The van der Waals surface area contributed by atoms with Gasteiger partial charge in [0, 0.05) is 23.1 Å². The molecule has 1 aliphatic heterocycles. The van der Waals surface area contributed by atoms with E-state index < -0.39 is 0 Å². The van der Waals surface area contributed by atoms with Crippen molar-refractivity contribution in [3.8, 4) is 0 Å². The summed E-state index contributed by atoms with van der Waals surface area (Å²) in [6.07, 6.45) is 0. The second kappa shape index (κ2) is 7.27. The summed E-state index contributed by atoms with van der Waals surface area (Å²) < 4.78 is 5.26. The molecule has 1 amide bonds. The van der Waals surface area contributed by atoms with E-state index in [1.807, 2.05) is 13.0 Å². The highest BCUT2D eigenvalue weighted by Gasteiger charge is 2.17. The Labute approximate surface area is 129 Å². The number of ether oxygens (including phenoxy) is 1. The number of hydrogen-bond acceptors (Lipinski definition) is 3. The number of nitrogens with one attached hydrogen (secondary N) is 1. The fourth-order valence-electron chi connectivity index (χ4n) is 2.18. The number of halogens is 2. The second-order valence-electron chi connectivity index (χ2n) is 4.84. The highest BCUT2D eigenvalue weighted by Crippen LogP contribution is 2.25.